The van der Waals surface area contributed by atoms with Crippen molar-refractivity contribution >= 4 is 17.0 Å². The fraction of sp³-hybridized carbons (Fsp3) is 0.450. The molecule has 0 bridgehead atoms. The van der Waals surface area contributed by atoms with Crippen LogP contribution in [0, 0.1) is 0 Å². The van der Waals surface area contributed by atoms with Gasteiger partial charge in [-0.3, -0.25) is 9.78 Å². The lowest BCUT2D eigenvalue weighted by Crippen LogP contribution is -2.39. The van der Waals surface area contributed by atoms with E-state index in [0.29, 0.717) is 30.1 Å². The van der Waals surface area contributed by atoms with Crippen molar-refractivity contribution in [1.82, 2.24) is 19.7 Å². The third-order valence-corrected chi connectivity index (χ3v) is 5.74. The van der Waals surface area contributed by atoms with E-state index in [1.165, 1.54) is 0 Å². The zero-order valence-corrected chi connectivity index (χ0v) is 15.6. The minimum atomic E-state index is -0.173. The third-order valence-electron chi connectivity index (χ3n) is 5.74. The number of hydrogen-bond donors (Lipinski definition) is 1. The Kier molecular flexibility index (Phi) is 4.37. The Morgan fingerprint density at radius 3 is 2.68 bits per heavy atom. The molecule has 0 saturated carbocycles. The largest absolute Gasteiger partial charge is 0.381 e. The average Bonchev–Trinajstić information content (AvgIpc) is 3.06. The molecule has 0 radical (unpaired) electrons. The fourth-order valence-corrected chi connectivity index (χ4v) is 4.06. The van der Waals surface area contributed by atoms with Crippen LogP contribution < -0.4 is 10.5 Å². The zero-order valence-electron chi connectivity index (χ0n) is 15.6. The van der Waals surface area contributed by atoms with Gasteiger partial charge in [0.1, 0.15) is 5.39 Å². The highest BCUT2D eigenvalue weighted by Gasteiger charge is 2.36. The van der Waals surface area contributed by atoms with Gasteiger partial charge in [0.2, 0.25) is 5.95 Å². The van der Waals surface area contributed by atoms with E-state index < -0.39 is 0 Å². The molecule has 0 amide bonds. The molecule has 1 aromatic carbocycles. The summed E-state index contributed by atoms with van der Waals surface area (Å²) in [7, 11) is 0. The summed E-state index contributed by atoms with van der Waals surface area (Å²) in [6.07, 6.45) is 4.31. The number of anilines is 1. The maximum Gasteiger partial charge on any atom is 0.263 e. The number of nitrogens with zero attached hydrogens (tertiary/aromatic N) is 4. The lowest BCUT2D eigenvalue weighted by atomic mass is 9.90. The van der Waals surface area contributed by atoms with Crippen LogP contribution in [0.2, 0.25) is 0 Å². The van der Waals surface area contributed by atoms with E-state index in [1.54, 1.807) is 10.9 Å². The van der Waals surface area contributed by atoms with E-state index in [2.05, 4.69) is 15.0 Å². The van der Waals surface area contributed by atoms with Gasteiger partial charge in [0.25, 0.3) is 5.56 Å². The number of aromatic nitrogens is 4. The zero-order chi connectivity index (χ0) is 19.0. The monoisotopic (exact) mass is 381 g/mol. The number of benzene rings is 1. The van der Waals surface area contributed by atoms with Crippen LogP contribution in [0.5, 0.6) is 0 Å². The predicted octanol–water partition coefficient (Wildman–Crippen LogP) is 1.88. The summed E-state index contributed by atoms with van der Waals surface area (Å²) in [6.45, 7) is 3.58. The van der Waals surface area contributed by atoms with E-state index in [9.17, 15) is 4.79 Å². The molecule has 28 heavy (non-hydrogen) atoms. The summed E-state index contributed by atoms with van der Waals surface area (Å²) >= 11 is 0. The second-order valence-electron chi connectivity index (χ2n) is 7.40. The minimum absolute atomic E-state index is 0.108. The Morgan fingerprint density at radius 1 is 1.04 bits per heavy atom. The van der Waals surface area contributed by atoms with Gasteiger partial charge < -0.3 is 14.4 Å². The lowest BCUT2D eigenvalue weighted by molar-refractivity contribution is -0.105. The van der Waals surface area contributed by atoms with Crippen molar-refractivity contribution in [3.63, 3.8) is 0 Å². The van der Waals surface area contributed by atoms with Crippen molar-refractivity contribution in [2.75, 3.05) is 37.8 Å². The quantitative estimate of drug-likeness (QED) is 0.730. The Labute approximate surface area is 162 Å². The number of fused-ring (bicyclic) bond motifs is 1. The molecular formula is C20H23N5O3. The van der Waals surface area contributed by atoms with Gasteiger partial charge >= 0.3 is 0 Å². The molecule has 5 rings (SSSR count). The van der Waals surface area contributed by atoms with Crippen molar-refractivity contribution in [1.29, 1.82) is 0 Å². The normalized spacial score (nSPS) is 19.8. The maximum atomic E-state index is 12.6. The van der Waals surface area contributed by atoms with E-state index >= 15 is 0 Å². The summed E-state index contributed by atoms with van der Waals surface area (Å²) < 4.78 is 13.4. The highest BCUT2D eigenvalue weighted by molar-refractivity contribution is 5.76. The Bertz CT molecular complexity index is 1020. The molecule has 4 heterocycles. The maximum absolute atomic E-state index is 12.6. The van der Waals surface area contributed by atoms with E-state index in [0.717, 1.165) is 44.7 Å². The van der Waals surface area contributed by atoms with Gasteiger partial charge in [-0.15, -0.1) is 0 Å². The van der Waals surface area contributed by atoms with Crippen LogP contribution in [-0.4, -0.2) is 58.3 Å². The standard InChI is InChI=1S/C20H23N5O3/c26-18-16-14-21-25(15-4-2-1-3-5-15)17(16)22-19(23-18)24-9-6-20(28-13-10-24)7-11-27-12-8-20/h1-5,14H,6-13H2,(H,22,23,26). The van der Waals surface area contributed by atoms with Crippen molar-refractivity contribution in [3.8, 4) is 5.69 Å². The van der Waals surface area contributed by atoms with Gasteiger partial charge in [-0.05, 0) is 31.4 Å². The van der Waals surface area contributed by atoms with Gasteiger partial charge in [-0.1, -0.05) is 18.2 Å². The highest BCUT2D eigenvalue weighted by atomic mass is 16.5. The van der Waals surface area contributed by atoms with Crippen molar-refractivity contribution in [2.24, 2.45) is 0 Å². The average molecular weight is 381 g/mol. The molecule has 2 aromatic heterocycles. The van der Waals surface area contributed by atoms with Crippen LogP contribution in [-0.2, 0) is 9.47 Å². The van der Waals surface area contributed by atoms with Crippen LogP contribution in [0.4, 0.5) is 5.95 Å². The second kappa shape index (κ2) is 7.03. The summed E-state index contributed by atoms with van der Waals surface area (Å²) in [5.74, 6) is 0.572. The van der Waals surface area contributed by atoms with Gasteiger partial charge in [0.05, 0.1) is 24.1 Å². The van der Waals surface area contributed by atoms with Crippen LogP contribution >= 0.6 is 0 Å². The number of nitrogens with one attached hydrogen (secondary N) is 1. The summed E-state index contributed by atoms with van der Waals surface area (Å²) in [6, 6.07) is 9.73. The van der Waals surface area contributed by atoms with Crippen molar-refractivity contribution in [3.05, 3.63) is 46.9 Å². The molecule has 3 aromatic rings. The molecule has 1 spiro atoms. The van der Waals surface area contributed by atoms with Crippen molar-refractivity contribution < 1.29 is 9.47 Å². The molecule has 2 aliphatic heterocycles. The van der Waals surface area contributed by atoms with E-state index in [-0.39, 0.29) is 11.2 Å². The first-order chi connectivity index (χ1) is 13.7. The van der Waals surface area contributed by atoms with Gasteiger partial charge in [-0.2, -0.15) is 10.1 Å². The molecule has 0 unspecified atom stereocenters. The number of ether oxygens (including phenoxy) is 2. The van der Waals surface area contributed by atoms with Crippen molar-refractivity contribution in [2.45, 2.75) is 24.9 Å². The SMILES string of the molecule is O=c1[nH]c(N2CCOC3(CCOCC3)CC2)nc2c1cnn2-c1ccccc1. The van der Waals surface area contributed by atoms with Gasteiger partial charge in [-0.25, -0.2) is 4.68 Å². The highest BCUT2D eigenvalue weighted by Crippen LogP contribution is 2.31. The molecule has 1 N–H and O–H groups in total. The number of rotatable bonds is 2. The number of H-pyrrole nitrogens is 1. The molecule has 8 heteroatoms. The summed E-state index contributed by atoms with van der Waals surface area (Å²) in [5.41, 5.74) is 1.16. The molecule has 2 saturated heterocycles. The van der Waals surface area contributed by atoms with Gasteiger partial charge in [0.15, 0.2) is 5.65 Å². The first kappa shape index (κ1) is 17.4. The predicted molar refractivity (Wildman–Crippen MR) is 105 cm³/mol. The molecule has 8 nitrogen and oxygen atoms in total. The first-order valence-corrected chi connectivity index (χ1v) is 9.74. The van der Waals surface area contributed by atoms with Crippen LogP contribution in [0.1, 0.15) is 19.3 Å². The summed E-state index contributed by atoms with van der Waals surface area (Å²) in [5, 5.41) is 4.86. The molecule has 146 valence electrons. The van der Waals surface area contributed by atoms with E-state index in [4.69, 9.17) is 14.5 Å². The number of aromatic amines is 1. The Hall–Kier alpha value is -2.71. The van der Waals surface area contributed by atoms with Crippen LogP contribution in [0.15, 0.2) is 41.3 Å². The Balaban J connectivity index is 1.48. The second-order valence-corrected chi connectivity index (χ2v) is 7.40. The van der Waals surface area contributed by atoms with Crippen LogP contribution in [0.25, 0.3) is 16.7 Å². The van der Waals surface area contributed by atoms with Crippen LogP contribution in [0.3, 0.4) is 0 Å². The molecule has 2 fully saturated rings. The minimum Gasteiger partial charge on any atom is -0.381 e. The molecule has 0 atom stereocenters. The number of hydrogen-bond acceptors (Lipinski definition) is 6. The van der Waals surface area contributed by atoms with Gasteiger partial charge in [0, 0.05) is 26.3 Å². The Morgan fingerprint density at radius 2 is 1.86 bits per heavy atom. The smallest absolute Gasteiger partial charge is 0.263 e. The lowest BCUT2D eigenvalue weighted by Gasteiger charge is -2.35. The number of para-hydroxylation sites is 1. The van der Waals surface area contributed by atoms with E-state index in [1.807, 2.05) is 30.3 Å². The molecule has 0 aliphatic carbocycles. The topological polar surface area (TPSA) is 85.3 Å². The fourth-order valence-electron chi connectivity index (χ4n) is 4.06. The summed E-state index contributed by atoms with van der Waals surface area (Å²) in [4.78, 5) is 22.4. The molecule has 2 aliphatic rings. The third kappa shape index (κ3) is 3.08. The molecular weight excluding hydrogens is 358 g/mol. The first-order valence-electron chi connectivity index (χ1n) is 9.74.